The van der Waals surface area contributed by atoms with Gasteiger partial charge in [-0.15, -0.1) is 0 Å². The number of aromatic carboxylic acids is 1. The Hall–Kier alpha value is -2.76. The van der Waals surface area contributed by atoms with Gasteiger partial charge in [0.1, 0.15) is 5.69 Å². The molecule has 0 bridgehead atoms. The third-order valence-corrected chi connectivity index (χ3v) is 4.05. The highest BCUT2D eigenvalue weighted by molar-refractivity contribution is 5.92. The Morgan fingerprint density at radius 1 is 1.12 bits per heavy atom. The lowest BCUT2D eigenvalue weighted by molar-refractivity contribution is 0.0619. The van der Waals surface area contributed by atoms with E-state index in [1.807, 2.05) is 6.92 Å². The molecule has 1 unspecified atom stereocenters. The molecule has 0 saturated heterocycles. The van der Waals surface area contributed by atoms with Crippen LogP contribution in [-0.2, 0) is 6.54 Å². The van der Waals surface area contributed by atoms with Crippen molar-refractivity contribution in [3.05, 3.63) is 59.7 Å². The van der Waals surface area contributed by atoms with Gasteiger partial charge in [0.15, 0.2) is 0 Å². The number of aromatic nitrogens is 2. The average Bonchev–Trinajstić information content (AvgIpc) is 2.59. The van der Waals surface area contributed by atoms with Gasteiger partial charge in [-0.05, 0) is 30.5 Å². The molecule has 6 heteroatoms. The molecule has 0 radical (unpaired) electrons. The molecular weight excluding hydrogens is 306 g/mol. The Balaban J connectivity index is 2.26. The maximum Gasteiger partial charge on any atom is 0.335 e. The second-order valence-electron chi connectivity index (χ2n) is 6.01. The van der Waals surface area contributed by atoms with Crippen LogP contribution < -0.4 is 0 Å². The minimum Gasteiger partial charge on any atom is -0.478 e. The van der Waals surface area contributed by atoms with Crippen LogP contribution in [-0.4, -0.2) is 37.9 Å². The number of hydrogen-bond donors (Lipinski definition) is 1. The fourth-order valence-electron chi connectivity index (χ4n) is 2.27. The minimum atomic E-state index is -0.968. The molecule has 0 aliphatic carbocycles. The second kappa shape index (κ2) is 7.68. The zero-order valence-electron chi connectivity index (χ0n) is 14.0. The SMILES string of the molecule is CC(C)C(C)N(Cc1ccc(C(=O)O)cc1)C(=O)c1cnccn1. The normalized spacial score (nSPS) is 12.0. The lowest BCUT2D eigenvalue weighted by Gasteiger charge is -2.31. The molecule has 1 aromatic carbocycles. The van der Waals surface area contributed by atoms with Crippen LogP contribution in [0.5, 0.6) is 0 Å². The van der Waals surface area contributed by atoms with Gasteiger partial charge in [-0.2, -0.15) is 0 Å². The summed E-state index contributed by atoms with van der Waals surface area (Å²) in [7, 11) is 0. The van der Waals surface area contributed by atoms with Crippen molar-refractivity contribution in [1.29, 1.82) is 0 Å². The summed E-state index contributed by atoms with van der Waals surface area (Å²) in [5.74, 6) is -0.889. The van der Waals surface area contributed by atoms with Crippen LogP contribution in [0, 0.1) is 5.92 Å². The summed E-state index contributed by atoms with van der Waals surface area (Å²) in [4.78, 5) is 33.5. The van der Waals surface area contributed by atoms with E-state index in [4.69, 9.17) is 5.11 Å². The molecule has 126 valence electrons. The number of carbonyl (C=O) groups excluding carboxylic acids is 1. The number of carboxylic acids is 1. The summed E-state index contributed by atoms with van der Waals surface area (Å²) in [5, 5.41) is 8.98. The van der Waals surface area contributed by atoms with E-state index in [0.29, 0.717) is 12.2 Å². The van der Waals surface area contributed by atoms with Crippen LogP contribution in [0.25, 0.3) is 0 Å². The van der Waals surface area contributed by atoms with Gasteiger partial charge in [0.25, 0.3) is 5.91 Å². The van der Waals surface area contributed by atoms with Crippen molar-refractivity contribution in [2.24, 2.45) is 5.92 Å². The smallest absolute Gasteiger partial charge is 0.335 e. The summed E-state index contributed by atoms with van der Waals surface area (Å²) < 4.78 is 0. The Bertz CT molecular complexity index is 699. The van der Waals surface area contributed by atoms with Crippen LogP contribution in [0.2, 0.25) is 0 Å². The van der Waals surface area contributed by atoms with Crippen molar-refractivity contribution in [1.82, 2.24) is 14.9 Å². The number of hydrogen-bond acceptors (Lipinski definition) is 4. The molecule has 24 heavy (non-hydrogen) atoms. The summed E-state index contributed by atoms with van der Waals surface area (Å²) in [5.41, 5.74) is 1.39. The summed E-state index contributed by atoms with van der Waals surface area (Å²) in [6.07, 6.45) is 4.47. The van der Waals surface area contributed by atoms with Gasteiger partial charge in [-0.25, -0.2) is 9.78 Å². The van der Waals surface area contributed by atoms with Crippen molar-refractivity contribution >= 4 is 11.9 Å². The van der Waals surface area contributed by atoms with Crippen LogP contribution in [0.3, 0.4) is 0 Å². The van der Waals surface area contributed by atoms with Gasteiger partial charge in [-0.3, -0.25) is 9.78 Å². The Labute approximate surface area is 141 Å². The molecule has 0 aliphatic rings. The first-order chi connectivity index (χ1) is 11.4. The molecule has 2 aromatic rings. The van der Waals surface area contributed by atoms with Gasteiger partial charge in [0, 0.05) is 25.0 Å². The van der Waals surface area contributed by atoms with Crippen molar-refractivity contribution < 1.29 is 14.7 Å². The predicted molar refractivity (Wildman–Crippen MR) is 89.6 cm³/mol. The zero-order chi connectivity index (χ0) is 17.7. The van der Waals surface area contributed by atoms with E-state index in [1.165, 1.54) is 18.6 Å². The maximum absolute atomic E-state index is 12.8. The van der Waals surface area contributed by atoms with E-state index in [2.05, 4.69) is 23.8 Å². The standard InChI is InChI=1S/C18H21N3O3/c1-12(2)13(3)21(17(22)16-10-19-8-9-20-16)11-14-4-6-15(7-5-14)18(23)24/h4-10,12-13H,11H2,1-3H3,(H,23,24). The molecule has 0 fully saturated rings. The maximum atomic E-state index is 12.8. The van der Waals surface area contributed by atoms with Crippen molar-refractivity contribution in [3.8, 4) is 0 Å². The predicted octanol–water partition coefficient (Wildman–Crippen LogP) is 2.86. The van der Waals surface area contributed by atoms with Gasteiger partial charge >= 0.3 is 5.97 Å². The molecule has 0 saturated carbocycles. The molecule has 0 aliphatic heterocycles. The highest BCUT2D eigenvalue weighted by Crippen LogP contribution is 2.17. The first-order valence-electron chi connectivity index (χ1n) is 7.79. The fraction of sp³-hybridized carbons (Fsp3) is 0.333. The van der Waals surface area contributed by atoms with Crippen LogP contribution in [0.1, 0.15) is 47.2 Å². The zero-order valence-corrected chi connectivity index (χ0v) is 14.0. The Morgan fingerprint density at radius 3 is 2.29 bits per heavy atom. The highest BCUT2D eigenvalue weighted by Gasteiger charge is 2.25. The lowest BCUT2D eigenvalue weighted by Crippen LogP contribution is -2.41. The highest BCUT2D eigenvalue weighted by atomic mass is 16.4. The van der Waals surface area contributed by atoms with E-state index in [0.717, 1.165) is 5.56 Å². The Kier molecular flexibility index (Phi) is 5.63. The monoisotopic (exact) mass is 327 g/mol. The molecule has 0 spiro atoms. The molecular formula is C18H21N3O3. The molecule has 1 amide bonds. The average molecular weight is 327 g/mol. The number of benzene rings is 1. The largest absolute Gasteiger partial charge is 0.478 e. The molecule has 1 atom stereocenters. The Morgan fingerprint density at radius 2 is 1.79 bits per heavy atom. The van der Waals surface area contributed by atoms with Crippen molar-refractivity contribution in [2.45, 2.75) is 33.4 Å². The first-order valence-corrected chi connectivity index (χ1v) is 7.79. The van der Waals surface area contributed by atoms with Gasteiger partial charge < -0.3 is 10.0 Å². The molecule has 1 heterocycles. The third-order valence-electron chi connectivity index (χ3n) is 4.05. The summed E-state index contributed by atoms with van der Waals surface area (Å²) in [6.45, 7) is 6.48. The number of carboxylic acid groups (broad SMARTS) is 1. The van der Waals surface area contributed by atoms with E-state index in [-0.39, 0.29) is 23.4 Å². The number of amides is 1. The van der Waals surface area contributed by atoms with E-state index in [9.17, 15) is 9.59 Å². The minimum absolute atomic E-state index is 0.00124. The topological polar surface area (TPSA) is 83.4 Å². The van der Waals surface area contributed by atoms with Gasteiger partial charge in [-0.1, -0.05) is 26.0 Å². The number of nitrogens with zero attached hydrogens (tertiary/aromatic N) is 3. The summed E-state index contributed by atoms with van der Waals surface area (Å²) >= 11 is 0. The number of rotatable bonds is 6. The number of carbonyl (C=O) groups is 2. The lowest BCUT2D eigenvalue weighted by atomic mass is 10.0. The van der Waals surface area contributed by atoms with Gasteiger partial charge in [0.05, 0.1) is 11.8 Å². The van der Waals surface area contributed by atoms with Crippen molar-refractivity contribution in [3.63, 3.8) is 0 Å². The van der Waals surface area contributed by atoms with Crippen LogP contribution in [0.4, 0.5) is 0 Å². The van der Waals surface area contributed by atoms with E-state index < -0.39 is 5.97 Å². The molecule has 6 nitrogen and oxygen atoms in total. The van der Waals surface area contributed by atoms with E-state index in [1.54, 1.807) is 29.2 Å². The van der Waals surface area contributed by atoms with Crippen LogP contribution >= 0.6 is 0 Å². The molecule has 1 aromatic heterocycles. The third kappa shape index (κ3) is 4.16. The first kappa shape index (κ1) is 17.6. The van der Waals surface area contributed by atoms with Crippen LogP contribution in [0.15, 0.2) is 42.9 Å². The molecule has 2 rings (SSSR count). The summed E-state index contributed by atoms with van der Waals surface area (Å²) in [6, 6.07) is 6.55. The second-order valence-corrected chi connectivity index (χ2v) is 6.01. The van der Waals surface area contributed by atoms with Crippen molar-refractivity contribution in [2.75, 3.05) is 0 Å². The molecule has 1 N–H and O–H groups in total. The quantitative estimate of drug-likeness (QED) is 0.882. The van der Waals surface area contributed by atoms with E-state index >= 15 is 0 Å². The fourth-order valence-corrected chi connectivity index (χ4v) is 2.27. The van der Waals surface area contributed by atoms with Gasteiger partial charge in [0.2, 0.25) is 0 Å².